The van der Waals surface area contributed by atoms with Gasteiger partial charge in [0.15, 0.2) is 5.71 Å². The molecular weight excluding hydrogens is 224 g/mol. The molecule has 1 rings (SSSR count). The second-order valence-electron chi connectivity index (χ2n) is 2.78. The molecule has 0 amide bonds. The Morgan fingerprint density at radius 2 is 2.12 bits per heavy atom. The molecule has 1 aromatic rings. The van der Waals surface area contributed by atoms with E-state index in [0.717, 1.165) is 5.75 Å². The molecule has 0 radical (unpaired) electrons. The molecular formula is C10H10N4OS. The second-order valence-corrected chi connectivity index (χ2v) is 3.22. The number of benzene rings is 1. The number of nitrogens with one attached hydrogen (secondary N) is 1. The van der Waals surface area contributed by atoms with E-state index in [1.54, 1.807) is 37.4 Å². The van der Waals surface area contributed by atoms with Crippen molar-refractivity contribution in [3.8, 4) is 11.8 Å². The first-order chi connectivity index (χ1) is 7.67. The van der Waals surface area contributed by atoms with Gasteiger partial charge in [0.25, 0.3) is 0 Å². The van der Waals surface area contributed by atoms with E-state index in [0.29, 0.717) is 5.69 Å². The van der Waals surface area contributed by atoms with Crippen LogP contribution in [0.25, 0.3) is 0 Å². The number of hydrogen-bond donors (Lipinski definition) is 2. The molecule has 0 saturated heterocycles. The van der Waals surface area contributed by atoms with Gasteiger partial charge in [0, 0.05) is 0 Å². The molecule has 3 N–H and O–H groups in total. The first-order valence-electron chi connectivity index (χ1n) is 4.35. The lowest BCUT2D eigenvalue weighted by atomic mass is 10.3. The summed E-state index contributed by atoms with van der Waals surface area (Å²) in [6, 6.07) is 8.85. The van der Waals surface area contributed by atoms with Gasteiger partial charge in [0.05, 0.1) is 12.8 Å². The van der Waals surface area contributed by atoms with Gasteiger partial charge in [-0.1, -0.05) is 12.2 Å². The second kappa shape index (κ2) is 5.68. The molecule has 0 aromatic heterocycles. The summed E-state index contributed by atoms with van der Waals surface area (Å²) in [4.78, 5) is -0.0384. The van der Waals surface area contributed by atoms with E-state index in [-0.39, 0.29) is 10.7 Å². The van der Waals surface area contributed by atoms with Crippen molar-refractivity contribution in [3.63, 3.8) is 0 Å². The standard InChI is InChI=1S/C10H10N4OS/c1-15-8-4-2-7(3-5-8)13-14-9(6-11)10(12)16/h2-5,13H,1H3,(H2,12,16)/b14-9-. The molecule has 0 aliphatic carbocycles. The Morgan fingerprint density at radius 1 is 1.50 bits per heavy atom. The van der Waals surface area contributed by atoms with Crippen LogP contribution >= 0.6 is 12.2 Å². The van der Waals surface area contributed by atoms with Gasteiger partial charge >= 0.3 is 0 Å². The Bertz CT molecular complexity index is 447. The molecule has 0 aliphatic rings. The number of anilines is 1. The average Bonchev–Trinajstić information content (AvgIpc) is 2.30. The minimum absolute atomic E-state index is 0.00850. The van der Waals surface area contributed by atoms with Crippen LogP contribution in [-0.4, -0.2) is 17.8 Å². The number of thiocarbonyl (C=S) groups is 1. The highest BCUT2D eigenvalue weighted by molar-refractivity contribution is 7.82. The van der Waals surface area contributed by atoms with Crippen LogP contribution in [0.3, 0.4) is 0 Å². The van der Waals surface area contributed by atoms with Crippen molar-refractivity contribution in [2.24, 2.45) is 10.8 Å². The Kier molecular flexibility index (Phi) is 4.24. The third kappa shape index (κ3) is 3.22. The zero-order valence-electron chi connectivity index (χ0n) is 8.60. The van der Waals surface area contributed by atoms with Crippen molar-refractivity contribution in [3.05, 3.63) is 24.3 Å². The molecule has 0 unspecified atom stereocenters. The van der Waals surface area contributed by atoms with Crippen LogP contribution in [0, 0.1) is 11.3 Å². The maximum absolute atomic E-state index is 8.65. The highest BCUT2D eigenvalue weighted by Gasteiger charge is 2.00. The molecule has 0 bridgehead atoms. The summed E-state index contributed by atoms with van der Waals surface area (Å²) in [7, 11) is 1.58. The van der Waals surface area contributed by atoms with E-state index >= 15 is 0 Å². The summed E-state index contributed by atoms with van der Waals surface area (Å²) in [6.45, 7) is 0. The first-order valence-corrected chi connectivity index (χ1v) is 4.76. The molecule has 0 atom stereocenters. The van der Waals surface area contributed by atoms with Crippen molar-refractivity contribution in [1.82, 2.24) is 0 Å². The van der Waals surface area contributed by atoms with Gasteiger partial charge in [-0.3, -0.25) is 5.43 Å². The van der Waals surface area contributed by atoms with Gasteiger partial charge in [-0.15, -0.1) is 0 Å². The van der Waals surface area contributed by atoms with E-state index < -0.39 is 0 Å². The summed E-state index contributed by atoms with van der Waals surface area (Å²) < 4.78 is 5.00. The smallest absolute Gasteiger partial charge is 0.194 e. The van der Waals surface area contributed by atoms with Crippen LogP contribution in [0.1, 0.15) is 0 Å². The zero-order valence-corrected chi connectivity index (χ0v) is 9.41. The van der Waals surface area contributed by atoms with Crippen LogP contribution in [-0.2, 0) is 0 Å². The largest absolute Gasteiger partial charge is 0.497 e. The third-order valence-electron chi connectivity index (χ3n) is 1.73. The Hall–Kier alpha value is -2.13. The fraction of sp³-hybridized carbons (Fsp3) is 0.100. The zero-order chi connectivity index (χ0) is 12.0. The van der Waals surface area contributed by atoms with Crippen LogP contribution in [0.2, 0.25) is 0 Å². The number of hydrazone groups is 1. The lowest BCUT2D eigenvalue weighted by molar-refractivity contribution is 0.415. The van der Waals surface area contributed by atoms with E-state index in [1.165, 1.54) is 0 Å². The van der Waals surface area contributed by atoms with Crippen molar-refractivity contribution >= 4 is 28.6 Å². The highest BCUT2D eigenvalue weighted by Crippen LogP contribution is 2.14. The molecule has 0 spiro atoms. The number of ether oxygens (including phenoxy) is 1. The Labute approximate surface area is 98.5 Å². The minimum Gasteiger partial charge on any atom is -0.497 e. The molecule has 6 heteroatoms. The van der Waals surface area contributed by atoms with E-state index in [2.05, 4.69) is 22.7 Å². The van der Waals surface area contributed by atoms with E-state index in [1.807, 2.05) is 0 Å². The predicted molar refractivity (Wildman–Crippen MR) is 66.5 cm³/mol. The quantitative estimate of drug-likeness (QED) is 0.465. The summed E-state index contributed by atoms with van der Waals surface area (Å²) in [6.07, 6.45) is 0. The highest BCUT2D eigenvalue weighted by atomic mass is 32.1. The molecule has 0 heterocycles. The molecule has 16 heavy (non-hydrogen) atoms. The van der Waals surface area contributed by atoms with Crippen molar-refractivity contribution in [2.75, 3.05) is 12.5 Å². The number of nitriles is 1. The maximum atomic E-state index is 8.65. The van der Waals surface area contributed by atoms with E-state index in [4.69, 9.17) is 15.7 Å². The minimum atomic E-state index is -0.0384. The molecule has 0 saturated carbocycles. The van der Waals surface area contributed by atoms with Crippen LogP contribution < -0.4 is 15.9 Å². The lowest BCUT2D eigenvalue weighted by Crippen LogP contribution is -2.20. The molecule has 0 aliphatic heterocycles. The average molecular weight is 234 g/mol. The van der Waals surface area contributed by atoms with Crippen molar-refractivity contribution in [1.29, 1.82) is 5.26 Å². The topological polar surface area (TPSA) is 83.4 Å². The van der Waals surface area contributed by atoms with Gasteiger partial charge in [-0.25, -0.2) is 0 Å². The molecule has 82 valence electrons. The van der Waals surface area contributed by atoms with Gasteiger partial charge in [0.1, 0.15) is 16.8 Å². The van der Waals surface area contributed by atoms with Gasteiger partial charge in [0.2, 0.25) is 0 Å². The van der Waals surface area contributed by atoms with Gasteiger partial charge in [-0.2, -0.15) is 10.4 Å². The first kappa shape index (κ1) is 11.9. The number of rotatable bonds is 4. The number of methoxy groups -OCH3 is 1. The Morgan fingerprint density at radius 3 is 2.56 bits per heavy atom. The SMILES string of the molecule is COc1ccc(N/N=C(/C#N)C(N)=S)cc1. The number of nitrogens with two attached hydrogens (primary N) is 1. The fourth-order valence-electron chi connectivity index (χ4n) is 0.921. The summed E-state index contributed by atoms with van der Waals surface area (Å²) in [5.41, 5.74) is 8.65. The van der Waals surface area contributed by atoms with Gasteiger partial charge in [-0.05, 0) is 24.3 Å². The summed E-state index contributed by atoms with van der Waals surface area (Å²) in [5, 5.41) is 12.4. The third-order valence-corrected chi connectivity index (χ3v) is 1.92. The van der Waals surface area contributed by atoms with E-state index in [9.17, 15) is 0 Å². The monoisotopic (exact) mass is 234 g/mol. The maximum Gasteiger partial charge on any atom is 0.194 e. The predicted octanol–water partition coefficient (Wildman–Crippen LogP) is 1.27. The van der Waals surface area contributed by atoms with Crippen LogP contribution in [0.4, 0.5) is 5.69 Å². The molecule has 0 fully saturated rings. The number of nitrogens with zero attached hydrogens (tertiary/aromatic N) is 2. The summed E-state index contributed by atoms with van der Waals surface area (Å²) >= 11 is 4.64. The lowest BCUT2D eigenvalue weighted by Gasteiger charge is -2.02. The molecule has 1 aromatic carbocycles. The van der Waals surface area contributed by atoms with Crippen molar-refractivity contribution in [2.45, 2.75) is 0 Å². The van der Waals surface area contributed by atoms with Crippen LogP contribution in [0.15, 0.2) is 29.4 Å². The van der Waals surface area contributed by atoms with Gasteiger partial charge < -0.3 is 10.5 Å². The normalized spacial score (nSPS) is 10.4. The fourth-order valence-corrected chi connectivity index (χ4v) is 1.01. The van der Waals surface area contributed by atoms with Crippen molar-refractivity contribution < 1.29 is 4.74 Å². The Balaban J connectivity index is 2.74. The molecule has 5 nitrogen and oxygen atoms in total. The number of hydrogen-bond acceptors (Lipinski definition) is 5. The van der Waals surface area contributed by atoms with Crippen LogP contribution in [0.5, 0.6) is 5.75 Å². The summed E-state index contributed by atoms with van der Waals surface area (Å²) in [5.74, 6) is 0.740.